The first-order chi connectivity index (χ1) is 8.02. The minimum atomic E-state index is -0.0280. The third-order valence-electron chi connectivity index (χ3n) is 2.66. The van der Waals surface area contributed by atoms with Crippen LogP contribution in [0.2, 0.25) is 0 Å². The van der Waals surface area contributed by atoms with Crippen molar-refractivity contribution in [3.8, 4) is 6.07 Å². The molecule has 0 heterocycles. The number of likely N-dealkylation sites (N-methyl/N-ethyl adjacent to an activating group) is 1. The van der Waals surface area contributed by atoms with Crippen molar-refractivity contribution >= 4 is 5.78 Å². The summed E-state index contributed by atoms with van der Waals surface area (Å²) in [5.41, 5.74) is 3.71. The zero-order valence-corrected chi connectivity index (χ0v) is 10.7. The molecule has 0 saturated carbocycles. The van der Waals surface area contributed by atoms with E-state index in [1.807, 2.05) is 18.0 Å². The van der Waals surface area contributed by atoms with Crippen LogP contribution in [-0.2, 0) is 11.3 Å². The molecule has 3 nitrogen and oxygen atoms in total. The zero-order chi connectivity index (χ0) is 12.8. The summed E-state index contributed by atoms with van der Waals surface area (Å²) in [6.45, 7) is 5.22. The van der Waals surface area contributed by atoms with Crippen molar-refractivity contribution in [1.82, 2.24) is 4.90 Å². The van der Waals surface area contributed by atoms with E-state index in [2.05, 4.69) is 32.0 Å². The van der Waals surface area contributed by atoms with E-state index in [0.717, 1.165) is 6.54 Å². The van der Waals surface area contributed by atoms with Gasteiger partial charge in [-0.3, -0.25) is 9.69 Å². The fraction of sp³-hybridized carbons (Fsp3) is 0.429. The molecule has 1 aromatic rings. The Labute approximate surface area is 103 Å². The van der Waals surface area contributed by atoms with Crippen LogP contribution in [0.5, 0.6) is 0 Å². The molecule has 0 aliphatic rings. The lowest BCUT2D eigenvalue weighted by molar-refractivity contribution is -0.119. The topological polar surface area (TPSA) is 44.1 Å². The van der Waals surface area contributed by atoms with E-state index >= 15 is 0 Å². The summed E-state index contributed by atoms with van der Waals surface area (Å²) < 4.78 is 0. The smallest absolute Gasteiger partial charge is 0.160 e. The number of ketones is 1. The third-order valence-corrected chi connectivity index (χ3v) is 2.66. The Bertz CT molecular complexity index is 446. The molecule has 0 aromatic heterocycles. The van der Waals surface area contributed by atoms with Gasteiger partial charge in [-0.2, -0.15) is 5.26 Å². The van der Waals surface area contributed by atoms with Crippen molar-refractivity contribution in [1.29, 1.82) is 5.26 Å². The predicted molar refractivity (Wildman–Crippen MR) is 67.5 cm³/mol. The molecule has 0 bridgehead atoms. The van der Waals surface area contributed by atoms with Gasteiger partial charge < -0.3 is 0 Å². The Morgan fingerprint density at radius 3 is 2.71 bits per heavy atom. The molecule has 17 heavy (non-hydrogen) atoms. The molecule has 0 radical (unpaired) electrons. The van der Waals surface area contributed by atoms with Crippen LogP contribution in [0, 0.1) is 25.2 Å². The predicted octanol–water partition coefficient (Wildman–Crippen LogP) is 2.22. The van der Waals surface area contributed by atoms with Gasteiger partial charge in [-0.25, -0.2) is 0 Å². The van der Waals surface area contributed by atoms with Gasteiger partial charge in [-0.15, -0.1) is 0 Å². The third kappa shape index (κ3) is 4.38. The minimum Gasteiger partial charge on any atom is -0.297 e. The molecule has 0 fully saturated rings. The van der Waals surface area contributed by atoms with E-state index in [1.54, 1.807) is 0 Å². The SMILES string of the molecule is Cc1ccc(CN(C)CC(=O)CC#N)c(C)c1. The van der Waals surface area contributed by atoms with E-state index in [0.29, 0.717) is 6.54 Å². The summed E-state index contributed by atoms with van der Waals surface area (Å²) in [7, 11) is 1.90. The van der Waals surface area contributed by atoms with Crippen molar-refractivity contribution in [2.24, 2.45) is 0 Å². The number of rotatable bonds is 5. The monoisotopic (exact) mass is 230 g/mol. The second kappa shape index (κ2) is 6.17. The zero-order valence-electron chi connectivity index (χ0n) is 10.7. The fourth-order valence-corrected chi connectivity index (χ4v) is 1.82. The van der Waals surface area contributed by atoms with Gasteiger partial charge in [0.15, 0.2) is 5.78 Å². The molecular formula is C14H18N2O. The van der Waals surface area contributed by atoms with Crippen molar-refractivity contribution < 1.29 is 4.79 Å². The molecule has 0 N–H and O–H groups in total. The summed E-state index contributed by atoms with van der Waals surface area (Å²) in [6, 6.07) is 8.19. The van der Waals surface area contributed by atoms with Crippen molar-refractivity contribution in [3.63, 3.8) is 0 Å². The Morgan fingerprint density at radius 1 is 1.41 bits per heavy atom. The summed E-state index contributed by atoms with van der Waals surface area (Å²) in [4.78, 5) is 13.3. The Morgan fingerprint density at radius 2 is 2.12 bits per heavy atom. The van der Waals surface area contributed by atoms with Crippen molar-refractivity contribution in [2.75, 3.05) is 13.6 Å². The Kier molecular flexibility index (Phi) is 4.86. The van der Waals surface area contributed by atoms with Crippen LogP contribution in [0.1, 0.15) is 23.1 Å². The summed E-state index contributed by atoms with van der Waals surface area (Å²) >= 11 is 0. The molecule has 0 amide bonds. The van der Waals surface area contributed by atoms with E-state index in [1.165, 1.54) is 16.7 Å². The second-order valence-corrected chi connectivity index (χ2v) is 4.48. The van der Waals surface area contributed by atoms with E-state index in [9.17, 15) is 4.79 Å². The van der Waals surface area contributed by atoms with Crippen LogP contribution < -0.4 is 0 Å². The number of benzene rings is 1. The highest BCUT2D eigenvalue weighted by Crippen LogP contribution is 2.12. The highest BCUT2D eigenvalue weighted by atomic mass is 16.1. The van der Waals surface area contributed by atoms with Crippen LogP contribution in [0.4, 0.5) is 0 Å². The number of nitrogens with zero attached hydrogens (tertiary/aromatic N) is 2. The standard InChI is InChI=1S/C14H18N2O/c1-11-4-5-13(12(2)8-11)9-16(3)10-14(17)6-7-15/h4-5,8H,6,9-10H2,1-3H3. The molecule has 1 aromatic carbocycles. The molecule has 3 heteroatoms. The summed E-state index contributed by atoms with van der Waals surface area (Å²) in [5.74, 6) is -0.0280. The average Bonchev–Trinajstić information content (AvgIpc) is 2.22. The van der Waals surface area contributed by atoms with Crippen LogP contribution in [0.25, 0.3) is 0 Å². The highest BCUT2D eigenvalue weighted by molar-refractivity contribution is 5.82. The van der Waals surface area contributed by atoms with Crippen LogP contribution >= 0.6 is 0 Å². The maximum absolute atomic E-state index is 11.3. The van der Waals surface area contributed by atoms with E-state index in [4.69, 9.17) is 5.26 Å². The van der Waals surface area contributed by atoms with Gasteiger partial charge in [-0.05, 0) is 32.0 Å². The largest absolute Gasteiger partial charge is 0.297 e. The maximum Gasteiger partial charge on any atom is 0.160 e. The lowest BCUT2D eigenvalue weighted by Crippen LogP contribution is -2.25. The van der Waals surface area contributed by atoms with Gasteiger partial charge in [0.1, 0.15) is 0 Å². The molecule has 0 aliphatic heterocycles. The van der Waals surface area contributed by atoms with Crippen molar-refractivity contribution in [2.45, 2.75) is 26.8 Å². The number of nitriles is 1. The first-order valence-electron chi connectivity index (χ1n) is 5.66. The van der Waals surface area contributed by atoms with Crippen molar-refractivity contribution in [3.05, 3.63) is 34.9 Å². The van der Waals surface area contributed by atoms with Gasteiger partial charge in [0.2, 0.25) is 0 Å². The van der Waals surface area contributed by atoms with Gasteiger partial charge in [0.05, 0.1) is 19.0 Å². The average molecular weight is 230 g/mol. The van der Waals surface area contributed by atoms with Gasteiger partial charge >= 0.3 is 0 Å². The maximum atomic E-state index is 11.3. The van der Waals surface area contributed by atoms with Crippen LogP contribution in [0.15, 0.2) is 18.2 Å². The summed E-state index contributed by atoms with van der Waals surface area (Å²) in [5, 5.41) is 8.42. The Hall–Kier alpha value is -1.66. The second-order valence-electron chi connectivity index (χ2n) is 4.48. The molecule has 0 aliphatic carbocycles. The van der Waals surface area contributed by atoms with Gasteiger partial charge in [-0.1, -0.05) is 23.8 Å². The molecule has 90 valence electrons. The molecule has 1 rings (SSSR count). The number of hydrogen-bond acceptors (Lipinski definition) is 3. The molecule has 0 spiro atoms. The molecular weight excluding hydrogens is 212 g/mol. The number of Topliss-reactive ketones (excluding diaryl/α,β-unsaturated/α-hetero) is 1. The van der Waals surface area contributed by atoms with Crippen LogP contribution in [0.3, 0.4) is 0 Å². The molecule has 0 atom stereocenters. The lowest BCUT2D eigenvalue weighted by atomic mass is 10.1. The minimum absolute atomic E-state index is 0.00276. The van der Waals surface area contributed by atoms with E-state index in [-0.39, 0.29) is 12.2 Å². The first-order valence-corrected chi connectivity index (χ1v) is 5.66. The lowest BCUT2D eigenvalue weighted by Gasteiger charge is -2.16. The molecule has 0 saturated heterocycles. The van der Waals surface area contributed by atoms with Crippen LogP contribution in [-0.4, -0.2) is 24.3 Å². The highest BCUT2D eigenvalue weighted by Gasteiger charge is 2.08. The number of carbonyl (C=O) groups excluding carboxylic acids is 1. The number of carbonyl (C=O) groups is 1. The normalized spacial score (nSPS) is 10.3. The van der Waals surface area contributed by atoms with Gasteiger partial charge in [0, 0.05) is 6.54 Å². The molecule has 0 unspecified atom stereocenters. The van der Waals surface area contributed by atoms with Gasteiger partial charge in [0.25, 0.3) is 0 Å². The first kappa shape index (κ1) is 13.4. The quantitative estimate of drug-likeness (QED) is 0.779. The van der Waals surface area contributed by atoms with E-state index < -0.39 is 0 Å². The number of hydrogen-bond donors (Lipinski definition) is 0. The fourth-order valence-electron chi connectivity index (χ4n) is 1.82. The number of aryl methyl sites for hydroxylation is 2. The Balaban J connectivity index is 2.59. The summed E-state index contributed by atoms with van der Waals surface area (Å²) in [6.07, 6.45) is -0.00276.